The molecular formula is C9H5F3N2O3. The molecule has 90 valence electrons. The van der Waals surface area contributed by atoms with Crippen molar-refractivity contribution in [3.63, 3.8) is 0 Å². The van der Waals surface area contributed by atoms with E-state index in [1.54, 1.807) is 0 Å². The van der Waals surface area contributed by atoms with Crippen molar-refractivity contribution < 1.29 is 27.4 Å². The minimum absolute atomic E-state index is 0.384. The van der Waals surface area contributed by atoms with Crippen molar-refractivity contribution in [1.82, 2.24) is 4.98 Å². The van der Waals surface area contributed by atoms with Gasteiger partial charge in [0.25, 0.3) is 0 Å². The summed E-state index contributed by atoms with van der Waals surface area (Å²) in [5, 5.41) is 8.55. The van der Waals surface area contributed by atoms with E-state index in [1.807, 2.05) is 0 Å². The van der Waals surface area contributed by atoms with Gasteiger partial charge in [0.2, 0.25) is 0 Å². The molecule has 5 nitrogen and oxygen atoms in total. The Labute approximate surface area is 93.4 Å². The first kappa shape index (κ1) is 12.8. The van der Waals surface area contributed by atoms with Gasteiger partial charge in [0, 0.05) is 12.3 Å². The fourth-order valence-corrected chi connectivity index (χ4v) is 0.946. The Hall–Kier alpha value is -2.30. The first-order valence-corrected chi connectivity index (χ1v) is 4.11. The van der Waals surface area contributed by atoms with Gasteiger partial charge in [0.1, 0.15) is 11.6 Å². The van der Waals surface area contributed by atoms with E-state index in [0.29, 0.717) is 6.07 Å². The largest absolute Gasteiger partial charge is 0.573 e. The lowest BCUT2D eigenvalue weighted by Gasteiger charge is -2.10. The number of halogens is 3. The van der Waals surface area contributed by atoms with Crippen molar-refractivity contribution in [2.45, 2.75) is 6.36 Å². The maximum absolute atomic E-state index is 12.0. The number of carbonyl (C=O) groups is 1. The molecule has 0 spiro atoms. The molecule has 1 heterocycles. The number of carbonyl (C=O) groups excluding carboxylic acids is 1. The number of aromatic nitrogens is 1. The van der Waals surface area contributed by atoms with Crippen molar-refractivity contribution >= 4 is 5.97 Å². The van der Waals surface area contributed by atoms with Crippen LogP contribution >= 0.6 is 0 Å². The number of ether oxygens (including phenoxy) is 2. The van der Waals surface area contributed by atoms with E-state index in [4.69, 9.17) is 5.26 Å². The molecule has 0 radical (unpaired) electrons. The van der Waals surface area contributed by atoms with Crippen LogP contribution in [0.2, 0.25) is 0 Å². The summed E-state index contributed by atoms with van der Waals surface area (Å²) in [7, 11) is 1.05. The Kier molecular flexibility index (Phi) is 3.52. The van der Waals surface area contributed by atoms with E-state index < -0.39 is 23.6 Å². The summed E-state index contributed by atoms with van der Waals surface area (Å²) in [6.07, 6.45) is -4.16. The molecule has 0 aliphatic heterocycles. The molecule has 0 N–H and O–H groups in total. The second-order valence-electron chi connectivity index (χ2n) is 2.72. The number of pyridine rings is 1. The van der Waals surface area contributed by atoms with Crippen molar-refractivity contribution in [1.29, 1.82) is 5.26 Å². The fourth-order valence-electron chi connectivity index (χ4n) is 0.946. The third-order valence-electron chi connectivity index (χ3n) is 1.61. The van der Waals surface area contributed by atoms with Crippen LogP contribution in [0.1, 0.15) is 16.1 Å². The summed E-state index contributed by atoms with van der Waals surface area (Å²) in [5.74, 6) is -1.73. The lowest BCUT2D eigenvalue weighted by atomic mass is 10.2. The molecule has 0 aliphatic carbocycles. The van der Waals surface area contributed by atoms with Crippen molar-refractivity contribution in [2.75, 3.05) is 7.11 Å². The maximum Gasteiger partial charge on any atom is 0.573 e. The molecule has 0 amide bonds. The summed E-state index contributed by atoms with van der Waals surface area (Å²) >= 11 is 0. The van der Waals surface area contributed by atoms with Gasteiger partial charge in [-0.3, -0.25) is 0 Å². The third-order valence-corrected chi connectivity index (χ3v) is 1.61. The van der Waals surface area contributed by atoms with Crippen LogP contribution in [0.4, 0.5) is 13.2 Å². The molecule has 1 rings (SSSR count). The van der Waals surface area contributed by atoms with Gasteiger partial charge in [-0.25, -0.2) is 9.78 Å². The zero-order valence-corrected chi connectivity index (χ0v) is 8.41. The summed E-state index contributed by atoms with van der Waals surface area (Å²) < 4.78 is 43.9. The van der Waals surface area contributed by atoms with Crippen LogP contribution in [0.15, 0.2) is 12.3 Å². The van der Waals surface area contributed by atoms with Gasteiger partial charge in [-0.2, -0.15) is 5.26 Å². The lowest BCUT2D eigenvalue weighted by molar-refractivity contribution is -0.274. The number of hydrogen-bond donors (Lipinski definition) is 0. The average Bonchev–Trinajstić information content (AvgIpc) is 2.25. The zero-order chi connectivity index (χ0) is 13.1. The first-order chi connectivity index (χ1) is 7.87. The molecule has 0 saturated carbocycles. The molecule has 0 fully saturated rings. The number of esters is 1. The standard InChI is InChI=1S/C9H5F3N2O3/c1-16-8(15)6-2-7(17-9(10,11)12)5(3-13)4-14-6/h2,4H,1H3. The highest BCUT2D eigenvalue weighted by Crippen LogP contribution is 2.26. The molecule has 17 heavy (non-hydrogen) atoms. The van der Waals surface area contributed by atoms with E-state index in [0.717, 1.165) is 13.3 Å². The number of rotatable bonds is 2. The summed E-state index contributed by atoms with van der Waals surface area (Å²) in [5.41, 5.74) is -0.819. The third kappa shape index (κ3) is 3.34. The first-order valence-electron chi connectivity index (χ1n) is 4.11. The molecule has 0 bridgehead atoms. The smallest absolute Gasteiger partial charge is 0.464 e. The zero-order valence-electron chi connectivity index (χ0n) is 8.41. The van der Waals surface area contributed by atoms with Crippen LogP contribution in [0.25, 0.3) is 0 Å². The van der Waals surface area contributed by atoms with Crippen LogP contribution in [0.3, 0.4) is 0 Å². The summed E-state index contributed by atoms with van der Waals surface area (Å²) in [6, 6.07) is 2.16. The second-order valence-corrected chi connectivity index (χ2v) is 2.72. The van der Waals surface area contributed by atoms with Crippen LogP contribution in [-0.2, 0) is 4.74 Å². The van der Waals surface area contributed by atoms with E-state index in [2.05, 4.69) is 14.5 Å². The average molecular weight is 246 g/mol. The van der Waals surface area contributed by atoms with Crippen molar-refractivity contribution in [3.05, 3.63) is 23.5 Å². The molecular weight excluding hydrogens is 241 g/mol. The van der Waals surface area contributed by atoms with Crippen LogP contribution in [0, 0.1) is 11.3 Å². The van der Waals surface area contributed by atoms with Gasteiger partial charge in [-0.15, -0.1) is 13.2 Å². The highest BCUT2D eigenvalue weighted by molar-refractivity contribution is 5.87. The predicted octanol–water partition coefficient (Wildman–Crippen LogP) is 1.64. The molecule has 1 aromatic rings. The minimum atomic E-state index is -4.96. The molecule has 0 aliphatic rings. The number of methoxy groups -OCH3 is 1. The van der Waals surface area contributed by atoms with Gasteiger partial charge in [-0.05, 0) is 0 Å². The molecule has 0 saturated heterocycles. The molecule has 8 heteroatoms. The van der Waals surface area contributed by atoms with E-state index in [-0.39, 0.29) is 5.69 Å². The topological polar surface area (TPSA) is 72.2 Å². The predicted molar refractivity (Wildman–Crippen MR) is 47.0 cm³/mol. The van der Waals surface area contributed by atoms with Crippen LogP contribution in [-0.4, -0.2) is 24.4 Å². The van der Waals surface area contributed by atoms with E-state index in [1.165, 1.54) is 6.07 Å². The summed E-state index contributed by atoms with van der Waals surface area (Å²) in [6.45, 7) is 0. The van der Waals surface area contributed by atoms with Gasteiger partial charge in [0.05, 0.1) is 7.11 Å². The highest BCUT2D eigenvalue weighted by Gasteiger charge is 2.32. The number of alkyl halides is 3. The quantitative estimate of drug-likeness (QED) is 0.741. The van der Waals surface area contributed by atoms with E-state index in [9.17, 15) is 18.0 Å². The van der Waals surface area contributed by atoms with Crippen LogP contribution < -0.4 is 4.74 Å². The Bertz CT molecular complexity index is 479. The SMILES string of the molecule is COC(=O)c1cc(OC(F)(F)F)c(C#N)cn1. The molecule has 0 unspecified atom stereocenters. The van der Waals surface area contributed by atoms with Crippen molar-refractivity contribution in [2.24, 2.45) is 0 Å². The van der Waals surface area contributed by atoms with Crippen molar-refractivity contribution in [3.8, 4) is 11.8 Å². The lowest BCUT2D eigenvalue weighted by Crippen LogP contribution is -2.18. The van der Waals surface area contributed by atoms with Gasteiger partial charge < -0.3 is 9.47 Å². The number of nitrogens with zero attached hydrogens (tertiary/aromatic N) is 2. The Morgan fingerprint density at radius 2 is 2.18 bits per heavy atom. The van der Waals surface area contributed by atoms with Gasteiger partial charge >= 0.3 is 12.3 Å². The normalized spacial score (nSPS) is 10.5. The Balaban J connectivity index is 3.17. The Morgan fingerprint density at radius 1 is 1.53 bits per heavy atom. The maximum atomic E-state index is 12.0. The highest BCUT2D eigenvalue weighted by atomic mass is 19.4. The molecule has 0 aromatic carbocycles. The summed E-state index contributed by atoms with van der Waals surface area (Å²) in [4.78, 5) is 14.5. The van der Waals surface area contributed by atoms with E-state index >= 15 is 0 Å². The van der Waals surface area contributed by atoms with Gasteiger partial charge in [0.15, 0.2) is 11.4 Å². The fraction of sp³-hybridized carbons (Fsp3) is 0.222. The van der Waals surface area contributed by atoms with Gasteiger partial charge in [-0.1, -0.05) is 0 Å². The monoisotopic (exact) mass is 246 g/mol. The Morgan fingerprint density at radius 3 is 2.65 bits per heavy atom. The van der Waals surface area contributed by atoms with Crippen LogP contribution in [0.5, 0.6) is 5.75 Å². The minimum Gasteiger partial charge on any atom is -0.464 e. The molecule has 0 atom stereocenters. The molecule has 1 aromatic heterocycles. The second kappa shape index (κ2) is 4.69. The number of hydrogen-bond acceptors (Lipinski definition) is 5. The number of nitriles is 1.